The number of nitrogens with one attached hydrogen (secondary N) is 1. The lowest BCUT2D eigenvalue weighted by molar-refractivity contribution is 0.432. The molecule has 1 aliphatic rings. The Labute approximate surface area is 138 Å². The van der Waals surface area contributed by atoms with Crippen molar-refractivity contribution in [2.24, 2.45) is 0 Å². The minimum Gasteiger partial charge on any atom is -0.210 e. The molecule has 1 fully saturated rings. The van der Waals surface area contributed by atoms with Crippen molar-refractivity contribution >= 4 is 10.0 Å². The largest absolute Gasteiger partial charge is 0.240 e. The van der Waals surface area contributed by atoms with E-state index in [1.807, 2.05) is 37.3 Å². The Morgan fingerprint density at radius 3 is 2.17 bits per heavy atom. The third kappa shape index (κ3) is 3.48. The second-order valence-corrected chi connectivity index (χ2v) is 8.26. The zero-order valence-electron chi connectivity index (χ0n) is 13.5. The first-order chi connectivity index (χ1) is 11.0. The maximum Gasteiger partial charge on any atom is 0.240 e. The summed E-state index contributed by atoms with van der Waals surface area (Å²) in [5.74, 6) is 0. The van der Waals surface area contributed by atoms with Crippen molar-refractivity contribution in [3.05, 3.63) is 65.7 Å². The Hall–Kier alpha value is -1.65. The zero-order chi connectivity index (χ0) is 16.3. The quantitative estimate of drug-likeness (QED) is 0.907. The third-order valence-electron chi connectivity index (χ3n) is 4.88. The van der Waals surface area contributed by atoms with Gasteiger partial charge in [-0.3, -0.25) is 0 Å². The maximum atomic E-state index is 12.6. The zero-order valence-corrected chi connectivity index (χ0v) is 14.3. The molecule has 0 unspecified atom stereocenters. The molecule has 0 heterocycles. The van der Waals surface area contributed by atoms with Gasteiger partial charge in [0.05, 0.1) is 4.90 Å². The summed E-state index contributed by atoms with van der Waals surface area (Å²) in [6, 6.07) is 17.3. The molecule has 2 aromatic rings. The predicted molar refractivity (Wildman–Crippen MR) is 93.0 cm³/mol. The van der Waals surface area contributed by atoms with Crippen LogP contribution in [-0.2, 0) is 15.4 Å². The first-order valence-electron chi connectivity index (χ1n) is 8.14. The molecule has 122 valence electrons. The summed E-state index contributed by atoms with van der Waals surface area (Å²) < 4.78 is 28.0. The van der Waals surface area contributed by atoms with Crippen molar-refractivity contribution in [1.82, 2.24) is 4.72 Å². The summed E-state index contributed by atoms with van der Waals surface area (Å²) in [5.41, 5.74) is 2.23. The average Bonchev–Trinajstić information content (AvgIpc) is 3.05. The lowest BCUT2D eigenvalue weighted by Crippen LogP contribution is -2.39. The van der Waals surface area contributed by atoms with Crippen molar-refractivity contribution in [3.63, 3.8) is 0 Å². The molecule has 1 aliphatic carbocycles. The van der Waals surface area contributed by atoms with E-state index >= 15 is 0 Å². The van der Waals surface area contributed by atoms with Crippen molar-refractivity contribution in [1.29, 1.82) is 0 Å². The highest BCUT2D eigenvalue weighted by Gasteiger charge is 2.36. The summed E-state index contributed by atoms with van der Waals surface area (Å²) in [4.78, 5) is 0.337. The van der Waals surface area contributed by atoms with E-state index in [9.17, 15) is 8.42 Å². The van der Waals surface area contributed by atoms with Crippen molar-refractivity contribution in [3.8, 4) is 0 Å². The van der Waals surface area contributed by atoms with Gasteiger partial charge in [0, 0.05) is 12.0 Å². The molecule has 0 atom stereocenters. The standard InChI is InChI=1S/C19H23NO2S/c1-16-9-11-18(12-10-16)23(21,22)20-15-19(13-5-6-14-19)17-7-3-2-4-8-17/h2-4,7-12,20H,5-6,13-15H2,1H3. The van der Waals surface area contributed by atoms with Gasteiger partial charge in [-0.1, -0.05) is 60.9 Å². The normalized spacial score (nSPS) is 17.3. The Kier molecular flexibility index (Phi) is 4.55. The highest BCUT2D eigenvalue weighted by atomic mass is 32.2. The van der Waals surface area contributed by atoms with Crippen LogP contribution in [0.15, 0.2) is 59.5 Å². The van der Waals surface area contributed by atoms with Crippen LogP contribution in [-0.4, -0.2) is 15.0 Å². The summed E-state index contributed by atoms with van der Waals surface area (Å²) in [5, 5.41) is 0. The Bertz CT molecular complexity index is 746. The molecule has 3 rings (SSSR count). The summed E-state index contributed by atoms with van der Waals surface area (Å²) in [6.45, 7) is 2.42. The van der Waals surface area contributed by atoms with Crippen molar-refractivity contribution in [2.45, 2.75) is 42.9 Å². The molecule has 1 saturated carbocycles. The fourth-order valence-electron chi connectivity index (χ4n) is 3.44. The number of hydrogen-bond donors (Lipinski definition) is 1. The molecular formula is C19H23NO2S. The second kappa shape index (κ2) is 6.46. The molecule has 0 aromatic heterocycles. The van der Waals surface area contributed by atoms with E-state index in [0.29, 0.717) is 11.4 Å². The fraction of sp³-hybridized carbons (Fsp3) is 0.368. The Balaban J connectivity index is 1.81. The molecule has 0 spiro atoms. The van der Waals surface area contributed by atoms with Gasteiger partial charge in [0.2, 0.25) is 10.0 Å². The van der Waals surface area contributed by atoms with Gasteiger partial charge in [-0.05, 0) is 37.5 Å². The average molecular weight is 329 g/mol. The Morgan fingerprint density at radius 2 is 1.57 bits per heavy atom. The van der Waals surface area contributed by atoms with Crippen LogP contribution in [0, 0.1) is 6.92 Å². The smallest absolute Gasteiger partial charge is 0.210 e. The van der Waals surface area contributed by atoms with E-state index in [-0.39, 0.29) is 5.41 Å². The van der Waals surface area contributed by atoms with Gasteiger partial charge < -0.3 is 0 Å². The number of benzene rings is 2. The minimum atomic E-state index is -3.46. The van der Waals surface area contributed by atoms with E-state index in [2.05, 4.69) is 16.9 Å². The highest BCUT2D eigenvalue weighted by molar-refractivity contribution is 7.89. The molecule has 23 heavy (non-hydrogen) atoms. The lowest BCUT2D eigenvalue weighted by atomic mass is 9.79. The number of sulfonamides is 1. The van der Waals surface area contributed by atoms with Gasteiger partial charge in [0.15, 0.2) is 0 Å². The van der Waals surface area contributed by atoms with Gasteiger partial charge >= 0.3 is 0 Å². The summed E-state index contributed by atoms with van der Waals surface area (Å²) >= 11 is 0. The molecule has 3 nitrogen and oxygen atoms in total. The lowest BCUT2D eigenvalue weighted by Gasteiger charge is -2.30. The first kappa shape index (κ1) is 16.2. The second-order valence-electron chi connectivity index (χ2n) is 6.49. The van der Waals surface area contributed by atoms with Crippen molar-refractivity contribution in [2.75, 3.05) is 6.54 Å². The monoisotopic (exact) mass is 329 g/mol. The topological polar surface area (TPSA) is 46.2 Å². The van der Waals surface area contributed by atoms with Crippen LogP contribution in [0.1, 0.15) is 36.8 Å². The Morgan fingerprint density at radius 1 is 0.957 bits per heavy atom. The van der Waals surface area contributed by atoms with E-state index in [0.717, 1.165) is 31.2 Å². The van der Waals surface area contributed by atoms with Gasteiger partial charge in [-0.25, -0.2) is 13.1 Å². The molecule has 2 aromatic carbocycles. The molecule has 1 N–H and O–H groups in total. The van der Waals surface area contributed by atoms with Crippen LogP contribution in [0.3, 0.4) is 0 Å². The number of rotatable bonds is 5. The number of aryl methyl sites for hydroxylation is 1. The predicted octanol–water partition coefficient (Wildman–Crippen LogP) is 3.79. The number of hydrogen-bond acceptors (Lipinski definition) is 2. The third-order valence-corrected chi connectivity index (χ3v) is 6.30. The van der Waals surface area contributed by atoms with Crippen LogP contribution >= 0.6 is 0 Å². The van der Waals surface area contributed by atoms with E-state index in [4.69, 9.17) is 0 Å². The molecular weight excluding hydrogens is 306 g/mol. The van der Waals surface area contributed by atoms with Crippen LogP contribution in [0.25, 0.3) is 0 Å². The van der Waals surface area contributed by atoms with Gasteiger partial charge in [-0.2, -0.15) is 0 Å². The highest BCUT2D eigenvalue weighted by Crippen LogP contribution is 2.40. The van der Waals surface area contributed by atoms with Crippen LogP contribution in [0.5, 0.6) is 0 Å². The molecule has 0 saturated heterocycles. The van der Waals surface area contributed by atoms with E-state index < -0.39 is 10.0 Å². The molecule has 0 amide bonds. The van der Waals surface area contributed by atoms with Crippen LogP contribution in [0.2, 0.25) is 0 Å². The van der Waals surface area contributed by atoms with Crippen LogP contribution in [0.4, 0.5) is 0 Å². The van der Waals surface area contributed by atoms with E-state index in [1.165, 1.54) is 5.56 Å². The van der Waals surface area contributed by atoms with Gasteiger partial charge in [-0.15, -0.1) is 0 Å². The SMILES string of the molecule is Cc1ccc(S(=O)(=O)NCC2(c3ccccc3)CCCC2)cc1. The molecule has 4 heteroatoms. The first-order valence-corrected chi connectivity index (χ1v) is 9.62. The van der Waals surface area contributed by atoms with Gasteiger partial charge in [0.1, 0.15) is 0 Å². The maximum absolute atomic E-state index is 12.6. The summed E-state index contributed by atoms with van der Waals surface area (Å²) in [6.07, 6.45) is 4.38. The molecule has 0 radical (unpaired) electrons. The summed E-state index contributed by atoms with van der Waals surface area (Å²) in [7, 11) is -3.46. The molecule has 0 aliphatic heterocycles. The minimum absolute atomic E-state index is 0.0704. The van der Waals surface area contributed by atoms with Crippen molar-refractivity contribution < 1.29 is 8.42 Å². The molecule has 0 bridgehead atoms. The van der Waals surface area contributed by atoms with Crippen LogP contribution < -0.4 is 4.72 Å². The fourth-order valence-corrected chi connectivity index (χ4v) is 4.57. The van der Waals surface area contributed by atoms with E-state index in [1.54, 1.807) is 12.1 Å². The van der Waals surface area contributed by atoms with Gasteiger partial charge in [0.25, 0.3) is 0 Å².